The highest BCUT2D eigenvalue weighted by molar-refractivity contribution is 5.87. The molecule has 2 aliphatic heterocycles. The van der Waals surface area contributed by atoms with E-state index >= 15 is 0 Å². The van der Waals surface area contributed by atoms with Crippen LogP contribution in [0.15, 0.2) is 6.07 Å². The molecular formula is C16H24N4O4. The third-order valence-corrected chi connectivity index (χ3v) is 4.41. The zero-order valence-corrected chi connectivity index (χ0v) is 14.1. The fourth-order valence-electron chi connectivity index (χ4n) is 3.08. The number of hydrogen-bond acceptors (Lipinski definition) is 6. The molecule has 0 saturated carbocycles. The molecule has 8 heteroatoms. The molecule has 1 amide bonds. The van der Waals surface area contributed by atoms with Crippen molar-refractivity contribution in [2.75, 3.05) is 33.4 Å². The summed E-state index contributed by atoms with van der Waals surface area (Å²) >= 11 is 0. The second-order valence-electron chi connectivity index (χ2n) is 6.12. The number of ether oxygens (including phenoxy) is 1. The van der Waals surface area contributed by atoms with Crippen LogP contribution in [0.4, 0.5) is 0 Å². The first-order chi connectivity index (χ1) is 11.7. The number of carbonyl (C=O) groups is 2. The van der Waals surface area contributed by atoms with Gasteiger partial charge in [0.2, 0.25) is 5.91 Å². The Bertz CT molecular complexity index is 595. The lowest BCUT2D eigenvalue weighted by Crippen LogP contribution is -2.36. The molecule has 1 fully saturated rings. The van der Waals surface area contributed by atoms with E-state index in [2.05, 4.69) is 5.10 Å². The Morgan fingerprint density at radius 2 is 2.12 bits per heavy atom. The van der Waals surface area contributed by atoms with Gasteiger partial charge in [-0.25, -0.2) is 4.79 Å². The summed E-state index contributed by atoms with van der Waals surface area (Å²) in [7, 11) is 1.34. The van der Waals surface area contributed by atoms with Gasteiger partial charge in [-0.05, 0) is 25.3 Å². The average Bonchev–Trinajstić information content (AvgIpc) is 2.91. The number of methoxy groups -OCH3 is 1. The SMILES string of the molecule is COC(=O)c1cc2n(n1)CCCN(C(=O)CCN1CCCCO1)C2. The summed E-state index contributed by atoms with van der Waals surface area (Å²) in [6, 6.07) is 1.71. The maximum atomic E-state index is 12.5. The van der Waals surface area contributed by atoms with Gasteiger partial charge in [-0.2, -0.15) is 10.2 Å². The molecule has 0 unspecified atom stereocenters. The molecule has 1 saturated heterocycles. The number of amides is 1. The van der Waals surface area contributed by atoms with Crippen LogP contribution >= 0.6 is 0 Å². The van der Waals surface area contributed by atoms with Crippen LogP contribution in [-0.2, 0) is 27.5 Å². The largest absolute Gasteiger partial charge is 0.464 e. The number of aromatic nitrogens is 2. The molecule has 0 bridgehead atoms. The first-order valence-electron chi connectivity index (χ1n) is 8.48. The smallest absolute Gasteiger partial charge is 0.358 e. The van der Waals surface area contributed by atoms with Crippen molar-refractivity contribution in [3.63, 3.8) is 0 Å². The maximum Gasteiger partial charge on any atom is 0.358 e. The Morgan fingerprint density at radius 1 is 1.25 bits per heavy atom. The summed E-state index contributed by atoms with van der Waals surface area (Å²) in [4.78, 5) is 31.5. The van der Waals surface area contributed by atoms with Gasteiger partial charge in [0.1, 0.15) is 0 Å². The lowest BCUT2D eigenvalue weighted by atomic mass is 10.2. The minimum Gasteiger partial charge on any atom is -0.464 e. The van der Waals surface area contributed by atoms with E-state index in [-0.39, 0.29) is 5.91 Å². The van der Waals surface area contributed by atoms with Crippen LogP contribution in [0.3, 0.4) is 0 Å². The van der Waals surface area contributed by atoms with E-state index in [0.717, 1.165) is 38.1 Å². The molecule has 0 spiro atoms. The van der Waals surface area contributed by atoms with Gasteiger partial charge < -0.3 is 9.64 Å². The molecule has 24 heavy (non-hydrogen) atoms. The normalized spacial score (nSPS) is 18.8. The van der Waals surface area contributed by atoms with Crippen LogP contribution < -0.4 is 0 Å². The molecule has 0 atom stereocenters. The molecule has 3 rings (SSSR count). The van der Waals surface area contributed by atoms with E-state index in [1.807, 2.05) is 9.96 Å². The molecule has 132 valence electrons. The standard InChI is InChI=1S/C16H24N4O4/c1-23-16(22)14-11-13-12-18(6-4-8-20(13)17-14)15(21)5-9-19-7-2-3-10-24-19/h11H,2-10,12H2,1H3. The monoisotopic (exact) mass is 336 g/mol. The highest BCUT2D eigenvalue weighted by Gasteiger charge is 2.23. The van der Waals surface area contributed by atoms with Crippen molar-refractivity contribution < 1.29 is 19.2 Å². The topological polar surface area (TPSA) is 76.9 Å². The minimum absolute atomic E-state index is 0.110. The van der Waals surface area contributed by atoms with Gasteiger partial charge in [-0.1, -0.05) is 0 Å². The molecule has 0 radical (unpaired) electrons. The van der Waals surface area contributed by atoms with Crippen LogP contribution in [-0.4, -0.2) is 65.0 Å². The number of aryl methyl sites for hydroxylation is 1. The van der Waals surface area contributed by atoms with Crippen LogP contribution in [0, 0.1) is 0 Å². The van der Waals surface area contributed by atoms with Gasteiger partial charge in [-0.15, -0.1) is 0 Å². The van der Waals surface area contributed by atoms with Gasteiger partial charge in [0.25, 0.3) is 0 Å². The van der Waals surface area contributed by atoms with Gasteiger partial charge in [0.05, 0.1) is 26.0 Å². The second-order valence-corrected chi connectivity index (χ2v) is 6.12. The molecule has 0 N–H and O–H groups in total. The van der Waals surface area contributed by atoms with Crippen molar-refractivity contribution >= 4 is 11.9 Å². The van der Waals surface area contributed by atoms with Crippen LogP contribution in [0.5, 0.6) is 0 Å². The summed E-state index contributed by atoms with van der Waals surface area (Å²) in [6.45, 7) is 4.14. The molecule has 8 nitrogen and oxygen atoms in total. The average molecular weight is 336 g/mol. The van der Waals surface area contributed by atoms with Crippen LogP contribution in [0.1, 0.15) is 41.9 Å². The van der Waals surface area contributed by atoms with E-state index in [0.29, 0.717) is 38.3 Å². The van der Waals surface area contributed by atoms with Crippen molar-refractivity contribution in [3.05, 3.63) is 17.5 Å². The van der Waals surface area contributed by atoms with Crippen LogP contribution in [0.2, 0.25) is 0 Å². The fourth-order valence-corrected chi connectivity index (χ4v) is 3.08. The van der Waals surface area contributed by atoms with E-state index in [1.54, 1.807) is 10.7 Å². The van der Waals surface area contributed by atoms with Gasteiger partial charge in [0, 0.05) is 32.6 Å². The third-order valence-electron chi connectivity index (χ3n) is 4.41. The lowest BCUT2D eigenvalue weighted by molar-refractivity contribution is -0.182. The summed E-state index contributed by atoms with van der Waals surface area (Å²) in [6.07, 6.45) is 3.47. The molecule has 1 aromatic heterocycles. The highest BCUT2D eigenvalue weighted by atomic mass is 16.7. The zero-order valence-electron chi connectivity index (χ0n) is 14.1. The van der Waals surface area contributed by atoms with Crippen molar-refractivity contribution in [1.29, 1.82) is 0 Å². The zero-order chi connectivity index (χ0) is 16.9. The van der Waals surface area contributed by atoms with Gasteiger partial charge >= 0.3 is 5.97 Å². The molecule has 0 aromatic carbocycles. The molecule has 3 heterocycles. The van der Waals surface area contributed by atoms with Crippen molar-refractivity contribution in [2.45, 2.75) is 38.8 Å². The summed E-state index contributed by atoms with van der Waals surface area (Å²) in [5.41, 5.74) is 1.17. The minimum atomic E-state index is -0.448. The maximum absolute atomic E-state index is 12.5. The van der Waals surface area contributed by atoms with E-state index in [1.165, 1.54) is 7.11 Å². The number of carbonyl (C=O) groups excluding carboxylic acids is 2. The molecule has 1 aromatic rings. The molecule has 2 aliphatic rings. The summed E-state index contributed by atoms with van der Waals surface area (Å²) in [5, 5.41) is 6.16. The summed E-state index contributed by atoms with van der Waals surface area (Å²) in [5.74, 6) is -0.339. The van der Waals surface area contributed by atoms with Gasteiger partial charge in [-0.3, -0.25) is 14.3 Å². The predicted molar refractivity (Wildman–Crippen MR) is 85.0 cm³/mol. The fraction of sp³-hybridized carbons (Fsp3) is 0.688. The second kappa shape index (κ2) is 7.76. The Balaban J connectivity index is 1.59. The number of nitrogens with zero attached hydrogens (tertiary/aromatic N) is 4. The number of hydrogen-bond donors (Lipinski definition) is 0. The van der Waals surface area contributed by atoms with Gasteiger partial charge in [0.15, 0.2) is 5.69 Å². The number of fused-ring (bicyclic) bond motifs is 1. The van der Waals surface area contributed by atoms with E-state index in [9.17, 15) is 9.59 Å². The first-order valence-corrected chi connectivity index (χ1v) is 8.48. The predicted octanol–water partition coefficient (Wildman–Crippen LogP) is 0.819. The Labute approximate surface area is 141 Å². The number of rotatable bonds is 4. The highest BCUT2D eigenvalue weighted by Crippen LogP contribution is 2.16. The number of hydroxylamine groups is 2. The third kappa shape index (κ3) is 3.93. The van der Waals surface area contributed by atoms with E-state index in [4.69, 9.17) is 9.57 Å². The Morgan fingerprint density at radius 3 is 2.88 bits per heavy atom. The summed E-state index contributed by atoms with van der Waals surface area (Å²) < 4.78 is 6.51. The molecular weight excluding hydrogens is 312 g/mol. The van der Waals surface area contributed by atoms with E-state index < -0.39 is 5.97 Å². The quantitative estimate of drug-likeness (QED) is 0.758. The van der Waals surface area contributed by atoms with Crippen molar-refractivity contribution in [2.24, 2.45) is 0 Å². The van der Waals surface area contributed by atoms with Crippen molar-refractivity contribution in [1.82, 2.24) is 19.7 Å². The van der Waals surface area contributed by atoms with Crippen molar-refractivity contribution in [3.8, 4) is 0 Å². The lowest BCUT2D eigenvalue weighted by Gasteiger charge is -2.27. The number of esters is 1. The Hall–Kier alpha value is -1.93. The Kier molecular flexibility index (Phi) is 5.47. The van der Waals surface area contributed by atoms with Crippen LogP contribution in [0.25, 0.3) is 0 Å². The first kappa shape index (κ1) is 16.9. The molecule has 0 aliphatic carbocycles.